The van der Waals surface area contributed by atoms with E-state index in [1.165, 1.54) is 13.8 Å². The lowest BCUT2D eigenvalue weighted by Crippen LogP contribution is -2.10. The molecule has 0 aromatic carbocycles. The quantitative estimate of drug-likeness (QED) is 0.465. The van der Waals surface area contributed by atoms with Gasteiger partial charge in [-0.1, -0.05) is 6.58 Å². The summed E-state index contributed by atoms with van der Waals surface area (Å²) in [6.07, 6.45) is 0. The van der Waals surface area contributed by atoms with Gasteiger partial charge in [-0.25, -0.2) is 0 Å². The molecule has 0 fully saturated rings. The van der Waals surface area contributed by atoms with Crippen LogP contribution in [-0.2, 0) is 14.9 Å². The minimum Gasteiger partial charge on any atom is -0.366 e. The van der Waals surface area contributed by atoms with Gasteiger partial charge in [-0.05, 0) is 20.8 Å². The second kappa shape index (κ2) is 7.48. The largest absolute Gasteiger partial charge is 0.366 e. The molecule has 7 heteroatoms. The highest BCUT2D eigenvalue weighted by atomic mass is 32.2. The molecule has 0 rings (SSSR count). The molecule has 0 aromatic heterocycles. The van der Waals surface area contributed by atoms with Crippen molar-refractivity contribution in [1.82, 2.24) is 6.15 Å². The molecule has 0 spiro atoms. The van der Waals surface area contributed by atoms with E-state index in [1.807, 2.05) is 0 Å². The Morgan fingerprint density at radius 3 is 1.57 bits per heavy atom. The van der Waals surface area contributed by atoms with E-state index >= 15 is 0 Å². The Morgan fingerprint density at radius 2 is 1.57 bits per heavy atom. The highest BCUT2D eigenvalue weighted by molar-refractivity contribution is 7.86. The standard InChI is InChI=1S/C4H7NO.C3H8O3S.H3N/c1-3(2)4(5)6;1-3(2)7(4,5)6;/h1H2,2H3,(H2,5,6);3H,1-2H3,(H,4,5,6);1H3. The summed E-state index contributed by atoms with van der Waals surface area (Å²) in [5, 5.41) is -0.674. The van der Waals surface area contributed by atoms with Crippen LogP contribution in [0.5, 0.6) is 0 Å². The molecule has 0 saturated carbocycles. The predicted octanol–water partition coefficient (Wildman–Crippen LogP) is 0.492. The summed E-state index contributed by atoms with van der Waals surface area (Å²) in [5.74, 6) is -0.435. The molecule has 0 aromatic rings. The maximum absolute atomic E-state index is 9.89. The minimum absolute atomic E-state index is 0. The van der Waals surface area contributed by atoms with Gasteiger partial charge in [-0.15, -0.1) is 0 Å². The molecular formula is C7H18N2O4S. The number of rotatable bonds is 2. The fourth-order valence-electron chi connectivity index (χ4n) is 0. The summed E-state index contributed by atoms with van der Waals surface area (Å²) in [5.41, 5.74) is 5.09. The van der Waals surface area contributed by atoms with Crippen LogP contribution in [0.15, 0.2) is 12.2 Å². The van der Waals surface area contributed by atoms with Gasteiger partial charge in [0.1, 0.15) is 0 Å². The molecular weight excluding hydrogens is 208 g/mol. The minimum atomic E-state index is -3.74. The van der Waals surface area contributed by atoms with Crippen molar-refractivity contribution in [1.29, 1.82) is 0 Å². The van der Waals surface area contributed by atoms with Crippen molar-refractivity contribution in [2.24, 2.45) is 5.73 Å². The number of carbonyl (C=O) groups is 1. The number of carbonyl (C=O) groups excluding carboxylic acids is 1. The number of primary amides is 1. The molecule has 6 N–H and O–H groups in total. The van der Waals surface area contributed by atoms with Crippen molar-refractivity contribution in [3.8, 4) is 0 Å². The van der Waals surface area contributed by atoms with Gasteiger partial charge in [0.2, 0.25) is 5.91 Å². The van der Waals surface area contributed by atoms with E-state index < -0.39 is 21.3 Å². The number of hydrogen-bond donors (Lipinski definition) is 3. The summed E-state index contributed by atoms with van der Waals surface area (Å²) < 4.78 is 27.8. The van der Waals surface area contributed by atoms with E-state index in [4.69, 9.17) is 10.3 Å². The molecule has 0 atom stereocenters. The van der Waals surface area contributed by atoms with Crippen LogP contribution in [0.1, 0.15) is 20.8 Å². The van der Waals surface area contributed by atoms with Gasteiger partial charge in [0, 0.05) is 5.57 Å². The highest BCUT2D eigenvalue weighted by Crippen LogP contribution is 1.91. The molecule has 0 aliphatic rings. The Bertz CT molecular complexity index is 270. The van der Waals surface area contributed by atoms with Crippen LogP contribution in [0.2, 0.25) is 0 Å². The van der Waals surface area contributed by atoms with Crippen LogP contribution in [0.25, 0.3) is 0 Å². The normalized spacial score (nSPS) is 9.50. The third-order valence-electron chi connectivity index (χ3n) is 1.02. The van der Waals surface area contributed by atoms with Crippen molar-refractivity contribution in [2.75, 3.05) is 0 Å². The van der Waals surface area contributed by atoms with E-state index in [0.717, 1.165) is 0 Å². The molecule has 1 amide bonds. The molecule has 14 heavy (non-hydrogen) atoms. The second-order valence-electron chi connectivity index (χ2n) is 2.71. The first-order valence-electron chi connectivity index (χ1n) is 3.50. The fourth-order valence-corrected chi connectivity index (χ4v) is 0. The van der Waals surface area contributed by atoms with Crippen molar-refractivity contribution < 1.29 is 17.8 Å². The number of nitrogens with two attached hydrogens (primary N) is 1. The Balaban J connectivity index is -0.000000163. The fraction of sp³-hybridized carbons (Fsp3) is 0.571. The smallest absolute Gasteiger partial charge is 0.267 e. The lowest BCUT2D eigenvalue weighted by atomic mass is 10.3. The van der Waals surface area contributed by atoms with Crippen LogP contribution < -0.4 is 11.9 Å². The van der Waals surface area contributed by atoms with Crippen LogP contribution >= 0.6 is 0 Å². The third-order valence-corrected chi connectivity index (χ3v) is 2.21. The van der Waals surface area contributed by atoms with Gasteiger partial charge in [0.05, 0.1) is 5.25 Å². The van der Waals surface area contributed by atoms with Gasteiger partial charge >= 0.3 is 0 Å². The SMILES string of the molecule is C=C(C)C(N)=O.CC(C)S(=O)(=O)O.N. The molecule has 0 heterocycles. The van der Waals surface area contributed by atoms with Crippen molar-refractivity contribution in [3.63, 3.8) is 0 Å². The average Bonchev–Trinajstić information content (AvgIpc) is 1.86. The lowest BCUT2D eigenvalue weighted by Gasteiger charge is -1.94. The van der Waals surface area contributed by atoms with Crippen LogP contribution in [0, 0.1) is 0 Å². The molecule has 0 aliphatic carbocycles. The molecule has 0 aliphatic heterocycles. The van der Waals surface area contributed by atoms with Crippen LogP contribution in [-0.4, -0.2) is 24.1 Å². The highest BCUT2D eigenvalue weighted by Gasteiger charge is 2.08. The van der Waals surface area contributed by atoms with Crippen LogP contribution in [0.3, 0.4) is 0 Å². The molecule has 0 bridgehead atoms. The molecule has 0 radical (unpaired) electrons. The summed E-state index contributed by atoms with van der Waals surface area (Å²) in [4.78, 5) is 9.82. The van der Waals surface area contributed by atoms with Gasteiger partial charge in [0.15, 0.2) is 0 Å². The van der Waals surface area contributed by atoms with Gasteiger partial charge in [-0.3, -0.25) is 9.35 Å². The third kappa shape index (κ3) is 13.7. The van der Waals surface area contributed by atoms with Gasteiger partial charge in [-0.2, -0.15) is 8.42 Å². The van der Waals surface area contributed by atoms with E-state index in [9.17, 15) is 13.2 Å². The van der Waals surface area contributed by atoms with E-state index in [1.54, 1.807) is 6.92 Å². The monoisotopic (exact) mass is 226 g/mol. The number of hydrogen-bond acceptors (Lipinski definition) is 4. The Kier molecular flexibility index (Phi) is 10.0. The van der Waals surface area contributed by atoms with E-state index in [2.05, 4.69) is 6.58 Å². The first-order chi connectivity index (χ1) is 5.59. The topological polar surface area (TPSA) is 132 Å². The van der Waals surface area contributed by atoms with Crippen LogP contribution in [0.4, 0.5) is 0 Å². The maximum Gasteiger partial charge on any atom is 0.267 e. The Hall–Kier alpha value is -0.920. The molecule has 86 valence electrons. The maximum atomic E-state index is 9.89. The predicted molar refractivity (Wildman–Crippen MR) is 55.7 cm³/mol. The second-order valence-corrected chi connectivity index (χ2v) is 4.68. The summed E-state index contributed by atoms with van der Waals surface area (Å²) in [6, 6.07) is 0. The zero-order chi connectivity index (χ0) is 11.2. The molecule has 6 nitrogen and oxygen atoms in total. The average molecular weight is 226 g/mol. The van der Waals surface area contributed by atoms with Gasteiger partial charge in [0.25, 0.3) is 10.1 Å². The molecule has 0 saturated heterocycles. The zero-order valence-corrected chi connectivity index (χ0v) is 9.47. The Morgan fingerprint density at radius 1 is 1.43 bits per heavy atom. The first-order valence-corrected chi connectivity index (χ1v) is 5.01. The number of amides is 1. The summed E-state index contributed by atoms with van der Waals surface area (Å²) >= 11 is 0. The van der Waals surface area contributed by atoms with E-state index in [-0.39, 0.29) is 6.15 Å². The van der Waals surface area contributed by atoms with Crippen molar-refractivity contribution in [2.45, 2.75) is 26.0 Å². The lowest BCUT2D eigenvalue weighted by molar-refractivity contribution is -0.114. The summed E-state index contributed by atoms with van der Waals surface area (Å²) in [7, 11) is -3.74. The van der Waals surface area contributed by atoms with Crippen molar-refractivity contribution in [3.05, 3.63) is 12.2 Å². The summed E-state index contributed by atoms with van der Waals surface area (Å²) in [6.45, 7) is 7.68. The first kappa shape index (κ1) is 18.8. The van der Waals surface area contributed by atoms with Crippen molar-refractivity contribution >= 4 is 16.0 Å². The Labute approximate surface area is 84.5 Å². The molecule has 0 unspecified atom stereocenters. The van der Waals surface area contributed by atoms with Gasteiger partial charge < -0.3 is 11.9 Å². The van der Waals surface area contributed by atoms with E-state index in [0.29, 0.717) is 5.57 Å². The zero-order valence-electron chi connectivity index (χ0n) is 8.65.